The van der Waals surface area contributed by atoms with Crippen LogP contribution >= 0.6 is 27.3 Å². The Morgan fingerprint density at radius 1 is 1.50 bits per heavy atom. The minimum absolute atomic E-state index is 0.426. The normalized spacial score (nSPS) is 12.8. The van der Waals surface area contributed by atoms with Gasteiger partial charge in [0.25, 0.3) is 0 Å². The number of thiophene rings is 1. The maximum absolute atomic E-state index is 4.17. The Kier molecular flexibility index (Phi) is 4.97. The summed E-state index contributed by atoms with van der Waals surface area (Å²) in [6, 6.07) is 4.71. The van der Waals surface area contributed by atoms with Crippen LogP contribution in [0.25, 0.3) is 0 Å². The fourth-order valence-electron chi connectivity index (χ4n) is 1.87. The van der Waals surface area contributed by atoms with Crippen molar-refractivity contribution in [2.75, 3.05) is 6.54 Å². The first-order chi connectivity index (χ1) is 8.65. The molecule has 0 aromatic carbocycles. The second kappa shape index (κ2) is 6.50. The molecule has 1 atom stereocenters. The molecule has 0 saturated heterocycles. The fourth-order valence-corrected chi connectivity index (χ4v) is 3.32. The zero-order valence-corrected chi connectivity index (χ0v) is 13.1. The second-order valence-electron chi connectivity index (χ2n) is 4.44. The van der Waals surface area contributed by atoms with Crippen molar-refractivity contribution in [3.8, 4) is 0 Å². The van der Waals surface area contributed by atoms with Gasteiger partial charge in [-0.1, -0.05) is 0 Å². The highest BCUT2D eigenvalue weighted by Gasteiger charge is 2.06. The molecule has 0 aliphatic rings. The maximum Gasteiger partial charge on any atom is 0.0701 e. The van der Waals surface area contributed by atoms with E-state index >= 15 is 0 Å². The van der Waals surface area contributed by atoms with Crippen LogP contribution in [0.3, 0.4) is 0 Å². The van der Waals surface area contributed by atoms with E-state index in [0.29, 0.717) is 6.04 Å². The van der Waals surface area contributed by atoms with Crippen molar-refractivity contribution in [2.45, 2.75) is 25.8 Å². The topological polar surface area (TPSA) is 29.9 Å². The summed E-state index contributed by atoms with van der Waals surface area (Å²) >= 11 is 5.29. The molecule has 2 rings (SSSR count). The van der Waals surface area contributed by atoms with E-state index < -0.39 is 0 Å². The number of halogens is 1. The fraction of sp³-hybridized carbons (Fsp3) is 0.462. The van der Waals surface area contributed by atoms with Crippen LogP contribution in [0.2, 0.25) is 0 Å². The second-order valence-corrected chi connectivity index (χ2v) is 6.94. The lowest BCUT2D eigenvalue weighted by atomic mass is 10.2. The van der Waals surface area contributed by atoms with Gasteiger partial charge in [-0.15, -0.1) is 11.3 Å². The monoisotopic (exact) mass is 327 g/mol. The Morgan fingerprint density at radius 2 is 2.33 bits per heavy atom. The first kappa shape index (κ1) is 13.8. The smallest absolute Gasteiger partial charge is 0.0701 e. The van der Waals surface area contributed by atoms with Crippen LogP contribution in [0.4, 0.5) is 0 Å². The molecule has 0 fully saturated rings. The summed E-state index contributed by atoms with van der Waals surface area (Å²) in [6.45, 7) is 3.24. The van der Waals surface area contributed by atoms with Gasteiger partial charge in [0.05, 0.1) is 9.98 Å². The average Bonchev–Trinajstić information content (AvgIpc) is 2.93. The molecule has 0 aliphatic carbocycles. The number of aryl methyl sites for hydroxylation is 2. The van der Waals surface area contributed by atoms with Gasteiger partial charge in [-0.2, -0.15) is 5.10 Å². The van der Waals surface area contributed by atoms with Gasteiger partial charge in [0.2, 0.25) is 0 Å². The van der Waals surface area contributed by atoms with Crippen molar-refractivity contribution < 1.29 is 0 Å². The summed E-state index contributed by atoms with van der Waals surface area (Å²) in [5.41, 5.74) is 1.31. The van der Waals surface area contributed by atoms with Gasteiger partial charge in [-0.25, -0.2) is 0 Å². The van der Waals surface area contributed by atoms with Crippen molar-refractivity contribution >= 4 is 27.3 Å². The molecule has 0 saturated carbocycles. The average molecular weight is 328 g/mol. The van der Waals surface area contributed by atoms with Gasteiger partial charge in [-0.3, -0.25) is 4.68 Å². The van der Waals surface area contributed by atoms with E-state index in [4.69, 9.17) is 0 Å². The summed E-state index contributed by atoms with van der Waals surface area (Å²) in [5.74, 6) is 0. The molecule has 5 heteroatoms. The maximum atomic E-state index is 4.17. The van der Waals surface area contributed by atoms with Gasteiger partial charge in [0, 0.05) is 24.2 Å². The molecule has 0 radical (unpaired) electrons. The minimum atomic E-state index is 0.426. The van der Waals surface area contributed by atoms with Crippen LogP contribution in [-0.2, 0) is 13.5 Å². The molecule has 2 aromatic rings. The Bertz CT molecular complexity index is 492. The van der Waals surface area contributed by atoms with Crippen molar-refractivity contribution in [2.24, 2.45) is 7.05 Å². The van der Waals surface area contributed by atoms with E-state index in [1.165, 1.54) is 14.2 Å². The Hall–Kier alpha value is -0.650. The SMILES string of the molecule is C[C@H](NCCCc1cnn(C)c1)c1ccc(Br)s1. The molecule has 0 spiro atoms. The largest absolute Gasteiger partial charge is 0.309 e. The highest BCUT2D eigenvalue weighted by Crippen LogP contribution is 2.26. The molecular weight excluding hydrogens is 310 g/mol. The number of hydrogen-bond acceptors (Lipinski definition) is 3. The molecule has 0 aliphatic heterocycles. The number of nitrogens with zero attached hydrogens (tertiary/aromatic N) is 2. The summed E-state index contributed by atoms with van der Waals surface area (Å²) in [5, 5.41) is 7.73. The lowest BCUT2D eigenvalue weighted by molar-refractivity contribution is 0.565. The van der Waals surface area contributed by atoms with Crippen LogP contribution in [0.15, 0.2) is 28.3 Å². The molecule has 2 heterocycles. The van der Waals surface area contributed by atoms with Gasteiger partial charge >= 0.3 is 0 Å². The number of nitrogens with one attached hydrogen (secondary N) is 1. The van der Waals surface area contributed by atoms with Crippen LogP contribution in [0.5, 0.6) is 0 Å². The van der Waals surface area contributed by atoms with E-state index in [1.54, 1.807) is 11.3 Å². The summed E-state index contributed by atoms with van der Waals surface area (Å²) in [7, 11) is 1.96. The lowest BCUT2D eigenvalue weighted by Gasteiger charge is -2.11. The highest BCUT2D eigenvalue weighted by atomic mass is 79.9. The first-order valence-electron chi connectivity index (χ1n) is 6.11. The molecule has 18 heavy (non-hydrogen) atoms. The van der Waals surface area contributed by atoms with Gasteiger partial charge in [-0.05, 0) is 59.9 Å². The van der Waals surface area contributed by atoms with Crippen molar-refractivity contribution in [3.05, 3.63) is 38.8 Å². The molecule has 0 unspecified atom stereocenters. The summed E-state index contributed by atoms with van der Waals surface area (Å²) < 4.78 is 3.05. The third-order valence-corrected chi connectivity index (χ3v) is 4.68. The minimum Gasteiger partial charge on any atom is -0.309 e. The Labute approximate surface area is 120 Å². The Balaban J connectivity index is 1.69. The van der Waals surface area contributed by atoms with E-state index in [1.807, 2.05) is 17.9 Å². The Morgan fingerprint density at radius 3 is 2.94 bits per heavy atom. The van der Waals surface area contributed by atoms with Crippen molar-refractivity contribution in [1.82, 2.24) is 15.1 Å². The van der Waals surface area contributed by atoms with Gasteiger partial charge in [0.15, 0.2) is 0 Å². The third kappa shape index (κ3) is 3.93. The molecule has 2 aromatic heterocycles. The molecule has 1 N–H and O–H groups in total. The standard InChI is InChI=1S/C13H18BrN3S/c1-10(12-5-6-13(14)18-12)15-7-3-4-11-8-16-17(2)9-11/h5-6,8-10,15H,3-4,7H2,1-2H3/t10-/m0/s1. The van der Waals surface area contributed by atoms with Crippen LogP contribution in [0.1, 0.15) is 29.8 Å². The lowest BCUT2D eigenvalue weighted by Crippen LogP contribution is -2.19. The predicted molar refractivity (Wildman–Crippen MR) is 80.0 cm³/mol. The zero-order chi connectivity index (χ0) is 13.0. The highest BCUT2D eigenvalue weighted by molar-refractivity contribution is 9.11. The van der Waals surface area contributed by atoms with Gasteiger partial charge < -0.3 is 5.32 Å². The molecule has 3 nitrogen and oxygen atoms in total. The van der Waals surface area contributed by atoms with E-state index in [0.717, 1.165) is 19.4 Å². The summed E-state index contributed by atoms with van der Waals surface area (Å²) in [6.07, 6.45) is 6.25. The number of aromatic nitrogens is 2. The number of rotatable bonds is 6. The van der Waals surface area contributed by atoms with Crippen LogP contribution < -0.4 is 5.32 Å². The third-order valence-electron chi connectivity index (χ3n) is 2.87. The van der Waals surface area contributed by atoms with E-state index in [2.05, 4.69) is 51.6 Å². The summed E-state index contributed by atoms with van der Waals surface area (Å²) in [4.78, 5) is 1.38. The quantitative estimate of drug-likeness (QED) is 0.822. The van der Waals surface area contributed by atoms with E-state index in [-0.39, 0.29) is 0 Å². The van der Waals surface area contributed by atoms with Crippen LogP contribution in [-0.4, -0.2) is 16.3 Å². The zero-order valence-electron chi connectivity index (χ0n) is 10.7. The van der Waals surface area contributed by atoms with Crippen LogP contribution in [0, 0.1) is 0 Å². The molecular formula is C13H18BrN3S. The number of hydrogen-bond donors (Lipinski definition) is 1. The van der Waals surface area contributed by atoms with Crippen molar-refractivity contribution in [3.63, 3.8) is 0 Å². The predicted octanol–water partition coefficient (Wildman–Crippen LogP) is 3.53. The van der Waals surface area contributed by atoms with Gasteiger partial charge in [0.1, 0.15) is 0 Å². The molecule has 0 amide bonds. The first-order valence-corrected chi connectivity index (χ1v) is 7.72. The van der Waals surface area contributed by atoms with E-state index in [9.17, 15) is 0 Å². The molecule has 0 bridgehead atoms. The molecule has 98 valence electrons. The van der Waals surface area contributed by atoms with Crippen molar-refractivity contribution in [1.29, 1.82) is 0 Å².